The maximum atomic E-state index is 12.9. The van der Waals surface area contributed by atoms with Gasteiger partial charge in [0.2, 0.25) is 5.91 Å². The molecule has 9 nitrogen and oxygen atoms in total. The first-order chi connectivity index (χ1) is 18.9. The van der Waals surface area contributed by atoms with Crippen LogP contribution in [0.3, 0.4) is 0 Å². The molecule has 1 saturated carbocycles. The Hall–Kier alpha value is -3.16. The van der Waals surface area contributed by atoms with Crippen LogP contribution in [0.15, 0.2) is 53.4 Å². The monoisotopic (exact) mass is 585 g/mol. The SMILES string of the molecule is CCc1ccc(S(=O)(=O)Nc2ccc(C3(C(=O)NCCCN4CCOCC4)CC3)cc2)cc1.O=C(O)C(F)(F)F. The number of halogens is 3. The Morgan fingerprint density at radius 1 is 1.02 bits per heavy atom. The number of hydrogen-bond acceptors (Lipinski definition) is 6. The first-order valence-corrected chi connectivity index (χ1v) is 14.5. The van der Waals surface area contributed by atoms with Crippen molar-refractivity contribution in [3.63, 3.8) is 0 Å². The second kappa shape index (κ2) is 13.5. The van der Waals surface area contributed by atoms with Crippen molar-refractivity contribution in [2.75, 3.05) is 44.1 Å². The standard InChI is InChI=1S/C25H33N3O4S.C2HF3O2/c1-2-20-4-10-23(11-5-20)33(30,31)27-22-8-6-21(7-9-22)25(12-13-25)24(29)26-14-3-15-28-16-18-32-19-17-28;3-2(4,5)1(6)7/h4-11,27H,2-3,12-19H2,1H3,(H,26,29);(H,6,7). The summed E-state index contributed by atoms with van der Waals surface area (Å²) in [7, 11) is -3.65. The number of anilines is 1. The number of aliphatic carboxylic acids is 1. The number of ether oxygens (including phenoxy) is 1. The van der Waals surface area contributed by atoms with E-state index < -0.39 is 27.6 Å². The lowest BCUT2D eigenvalue weighted by Crippen LogP contribution is -2.39. The highest BCUT2D eigenvalue weighted by molar-refractivity contribution is 7.92. The molecule has 40 heavy (non-hydrogen) atoms. The summed E-state index contributed by atoms with van der Waals surface area (Å²) in [6.45, 7) is 7.14. The molecule has 1 amide bonds. The van der Waals surface area contributed by atoms with Crippen LogP contribution in [0.2, 0.25) is 0 Å². The third kappa shape index (κ3) is 8.67. The Labute approximate surface area is 231 Å². The molecule has 2 aromatic carbocycles. The molecule has 0 spiro atoms. The highest BCUT2D eigenvalue weighted by Crippen LogP contribution is 2.48. The van der Waals surface area contributed by atoms with Crippen molar-refractivity contribution < 1.29 is 41.0 Å². The van der Waals surface area contributed by atoms with E-state index in [0.717, 1.165) is 69.7 Å². The number of alkyl halides is 3. The summed E-state index contributed by atoms with van der Waals surface area (Å²) in [5.74, 6) is -2.69. The Morgan fingerprint density at radius 3 is 2.10 bits per heavy atom. The van der Waals surface area contributed by atoms with Crippen LogP contribution in [0.25, 0.3) is 0 Å². The van der Waals surface area contributed by atoms with Crippen LogP contribution in [0.4, 0.5) is 18.9 Å². The van der Waals surface area contributed by atoms with Gasteiger partial charge in [-0.05, 0) is 67.6 Å². The highest BCUT2D eigenvalue weighted by atomic mass is 32.2. The smallest absolute Gasteiger partial charge is 0.475 e. The number of carbonyl (C=O) groups excluding carboxylic acids is 1. The van der Waals surface area contributed by atoms with E-state index in [9.17, 15) is 26.4 Å². The number of amides is 1. The van der Waals surface area contributed by atoms with Crippen LogP contribution in [0.1, 0.15) is 37.3 Å². The first-order valence-electron chi connectivity index (χ1n) is 13.0. The number of morpholine rings is 1. The zero-order chi connectivity index (χ0) is 29.4. The second-order valence-electron chi connectivity index (χ2n) is 9.63. The van der Waals surface area contributed by atoms with Gasteiger partial charge in [0, 0.05) is 25.3 Å². The summed E-state index contributed by atoms with van der Waals surface area (Å²) in [5, 5.41) is 10.2. The largest absolute Gasteiger partial charge is 0.490 e. The number of sulfonamides is 1. The maximum absolute atomic E-state index is 12.9. The fraction of sp³-hybridized carbons (Fsp3) is 0.481. The average molecular weight is 586 g/mol. The number of nitrogens with one attached hydrogen (secondary N) is 2. The summed E-state index contributed by atoms with van der Waals surface area (Å²) in [5.41, 5.74) is 2.03. The molecule has 1 aliphatic carbocycles. The lowest BCUT2D eigenvalue weighted by atomic mass is 9.95. The summed E-state index contributed by atoms with van der Waals surface area (Å²) >= 11 is 0. The molecule has 3 N–H and O–H groups in total. The van der Waals surface area contributed by atoms with Gasteiger partial charge >= 0.3 is 12.1 Å². The summed E-state index contributed by atoms with van der Waals surface area (Å²) in [6.07, 6.45) is -1.67. The lowest BCUT2D eigenvalue weighted by molar-refractivity contribution is -0.192. The molecule has 2 fully saturated rings. The number of benzene rings is 2. The van der Waals surface area contributed by atoms with E-state index in [2.05, 4.69) is 14.9 Å². The van der Waals surface area contributed by atoms with Crippen LogP contribution in [-0.4, -0.2) is 75.9 Å². The van der Waals surface area contributed by atoms with Crippen molar-refractivity contribution in [3.8, 4) is 0 Å². The van der Waals surface area contributed by atoms with E-state index in [1.165, 1.54) is 0 Å². The van der Waals surface area contributed by atoms with Crippen LogP contribution in [0.5, 0.6) is 0 Å². The maximum Gasteiger partial charge on any atom is 0.490 e. The summed E-state index contributed by atoms with van der Waals surface area (Å²) < 4.78 is 65.1. The quantitative estimate of drug-likeness (QED) is 0.364. The molecule has 2 aliphatic rings. The molecule has 1 aliphatic heterocycles. The third-order valence-corrected chi connectivity index (χ3v) is 8.20. The highest BCUT2D eigenvalue weighted by Gasteiger charge is 2.51. The molecule has 0 radical (unpaired) electrons. The van der Waals surface area contributed by atoms with Gasteiger partial charge in [0.25, 0.3) is 10.0 Å². The molecule has 220 valence electrons. The molecular weight excluding hydrogens is 551 g/mol. The topological polar surface area (TPSA) is 125 Å². The van der Waals surface area contributed by atoms with Gasteiger partial charge in [-0.1, -0.05) is 31.2 Å². The molecular formula is C27H34F3N3O6S. The van der Waals surface area contributed by atoms with Gasteiger partial charge in [-0.25, -0.2) is 13.2 Å². The Balaban J connectivity index is 0.000000559. The number of aryl methyl sites for hydroxylation is 1. The zero-order valence-electron chi connectivity index (χ0n) is 22.2. The van der Waals surface area contributed by atoms with Crippen molar-refractivity contribution in [2.24, 2.45) is 0 Å². The van der Waals surface area contributed by atoms with E-state index in [1.54, 1.807) is 24.3 Å². The minimum Gasteiger partial charge on any atom is -0.475 e. The minimum absolute atomic E-state index is 0.0637. The summed E-state index contributed by atoms with van der Waals surface area (Å²) in [4.78, 5) is 24.4. The minimum atomic E-state index is -5.08. The normalized spacial score (nSPS) is 16.8. The molecule has 0 bridgehead atoms. The molecule has 0 atom stereocenters. The second-order valence-corrected chi connectivity index (χ2v) is 11.3. The molecule has 4 rings (SSSR count). The number of rotatable bonds is 10. The van der Waals surface area contributed by atoms with Crippen LogP contribution < -0.4 is 10.0 Å². The Morgan fingerprint density at radius 2 is 1.60 bits per heavy atom. The number of nitrogens with zero attached hydrogens (tertiary/aromatic N) is 1. The van der Waals surface area contributed by atoms with Crippen molar-refractivity contribution in [3.05, 3.63) is 59.7 Å². The third-order valence-electron chi connectivity index (χ3n) is 6.80. The van der Waals surface area contributed by atoms with Gasteiger partial charge in [0.05, 0.1) is 23.5 Å². The van der Waals surface area contributed by atoms with Crippen molar-refractivity contribution in [1.29, 1.82) is 0 Å². The van der Waals surface area contributed by atoms with Gasteiger partial charge in [-0.3, -0.25) is 14.4 Å². The van der Waals surface area contributed by atoms with E-state index in [-0.39, 0.29) is 10.8 Å². The van der Waals surface area contributed by atoms with Crippen molar-refractivity contribution in [1.82, 2.24) is 10.2 Å². The molecule has 0 unspecified atom stereocenters. The van der Waals surface area contributed by atoms with Crippen molar-refractivity contribution in [2.45, 2.75) is 49.1 Å². The van der Waals surface area contributed by atoms with Crippen LogP contribution >= 0.6 is 0 Å². The van der Waals surface area contributed by atoms with Gasteiger partial charge in [0.1, 0.15) is 0 Å². The fourth-order valence-corrected chi connectivity index (χ4v) is 5.30. The average Bonchev–Trinajstić information content (AvgIpc) is 3.74. The molecule has 0 aromatic heterocycles. The fourth-order valence-electron chi connectivity index (χ4n) is 4.25. The number of hydrogen-bond donors (Lipinski definition) is 3. The molecule has 1 saturated heterocycles. The zero-order valence-corrected chi connectivity index (χ0v) is 23.0. The van der Waals surface area contributed by atoms with E-state index in [4.69, 9.17) is 14.6 Å². The van der Waals surface area contributed by atoms with Gasteiger partial charge in [-0.2, -0.15) is 13.2 Å². The number of carbonyl (C=O) groups is 2. The van der Waals surface area contributed by atoms with Crippen molar-refractivity contribution >= 4 is 27.6 Å². The lowest BCUT2D eigenvalue weighted by Gasteiger charge is -2.26. The van der Waals surface area contributed by atoms with E-state index in [1.807, 2.05) is 31.2 Å². The van der Waals surface area contributed by atoms with Crippen LogP contribution in [-0.2, 0) is 36.2 Å². The van der Waals surface area contributed by atoms with Crippen LogP contribution in [0, 0.1) is 0 Å². The van der Waals surface area contributed by atoms with E-state index >= 15 is 0 Å². The number of carboxylic acids is 1. The van der Waals surface area contributed by atoms with Gasteiger partial charge in [0.15, 0.2) is 0 Å². The predicted octanol–water partition coefficient (Wildman–Crippen LogP) is 3.55. The Bertz CT molecular complexity index is 1240. The Kier molecular flexibility index (Phi) is 10.6. The first kappa shape index (κ1) is 31.4. The van der Waals surface area contributed by atoms with Gasteiger partial charge < -0.3 is 15.2 Å². The van der Waals surface area contributed by atoms with E-state index in [0.29, 0.717) is 12.2 Å². The summed E-state index contributed by atoms with van der Waals surface area (Å²) in [6, 6.07) is 14.1. The molecule has 1 heterocycles. The predicted molar refractivity (Wildman–Crippen MR) is 143 cm³/mol. The van der Waals surface area contributed by atoms with Gasteiger partial charge in [-0.15, -0.1) is 0 Å². The molecule has 13 heteroatoms. The number of carboxylic acid groups (broad SMARTS) is 1. The molecule has 2 aromatic rings.